The molecule has 0 aromatic carbocycles. The first-order chi connectivity index (χ1) is 6.13. The van der Waals surface area contributed by atoms with Crippen molar-refractivity contribution >= 4 is 5.91 Å². The Kier molecular flexibility index (Phi) is 3.72. The number of morpholine rings is 1. The molecular weight excluding hydrogens is 166 g/mol. The third-order valence-corrected chi connectivity index (χ3v) is 2.71. The highest BCUT2D eigenvalue weighted by molar-refractivity contribution is 5.78. The summed E-state index contributed by atoms with van der Waals surface area (Å²) < 4.78 is 5.20. The lowest BCUT2D eigenvalue weighted by Gasteiger charge is -2.30. The van der Waals surface area contributed by atoms with Gasteiger partial charge in [-0.15, -0.1) is 0 Å². The van der Waals surface area contributed by atoms with Crippen LogP contribution in [0.3, 0.4) is 0 Å². The minimum atomic E-state index is 0.137. The van der Waals surface area contributed by atoms with Crippen LogP contribution >= 0.6 is 0 Å². The number of amides is 1. The zero-order valence-electron chi connectivity index (χ0n) is 8.75. The van der Waals surface area contributed by atoms with Gasteiger partial charge in [-0.2, -0.15) is 0 Å². The maximum Gasteiger partial charge on any atom is 0.225 e. The molecule has 3 nitrogen and oxygen atoms in total. The van der Waals surface area contributed by atoms with Crippen LogP contribution in [0.2, 0.25) is 0 Å². The first kappa shape index (κ1) is 10.5. The molecule has 1 aliphatic rings. The summed E-state index contributed by atoms with van der Waals surface area (Å²) in [5, 5.41) is 0. The first-order valence-electron chi connectivity index (χ1n) is 4.99. The number of ether oxygens (including phenoxy) is 1. The number of hydrogen-bond acceptors (Lipinski definition) is 2. The van der Waals surface area contributed by atoms with Gasteiger partial charge in [-0.05, 0) is 5.92 Å². The lowest BCUT2D eigenvalue weighted by Crippen LogP contribution is -2.44. The van der Waals surface area contributed by atoms with E-state index in [4.69, 9.17) is 4.74 Å². The Morgan fingerprint density at radius 2 is 1.77 bits per heavy atom. The molecule has 0 aromatic rings. The van der Waals surface area contributed by atoms with Gasteiger partial charge in [0.2, 0.25) is 5.91 Å². The monoisotopic (exact) mass is 185 g/mol. The summed E-state index contributed by atoms with van der Waals surface area (Å²) in [7, 11) is 0. The van der Waals surface area contributed by atoms with E-state index < -0.39 is 0 Å². The van der Waals surface area contributed by atoms with Crippen LogP contribution in [0.5, 0.6) is 0 Å². The quantitative estimate of drug-likeness (QED) is 0.645. The lowest BCUT2D eigenvalue weighted by molar-refractivity contribution is -0.140. The van der Waals surface area contributed by atoms with Gasteiger partial charge in [-0.1, -0.05) is 20.8 Å². The largest absolute Gasteiger partial charge is 0.378 e. The van der Waals surface area contributed by atoms with Crippen LogP contribution < -0.4 is 0 Å². The number of rotatable bonds is 2. The second kappa shape index (κ2) is 4.61. The Labute approximate surface area is 80.1 Å². The zero-order chi connectivity index (χ0) is 9.84. The molecule has 1 rings (SSSR count). The van der Waals surface area contributed by atoms with E-state index in [-0.39, 0.29) is 11.8 Å². The number of nitrogens with zero attached hydrogens (tertiary/aromatic N) is 1. The number of hydrogen-bond donors (Lipinski definition) is 0. The molecule has 1 amide bonds. The predicted molar refractivity (Wildman–Crippen MR) is 51.4 cm³/mol. The van der Waals surface area contributed by atoms with Crippen LogP contribution in [-0.4, -0.2) is 37.1 Å². The van der Waals surface area contributed by atoms with E-state index in [0.717, 1.165) is 13.1 Å². The van der Waals surface area contributed by atoms with E-state index in [0.29, 0.717) is 19.1 Å². The Balaban J connectivity index is 2.45. The lowest BCUT2D eigenvalue weighted by atomic mass is 9.96. The standard InChI is InChI=1S/C10H19NO2/c1-8(2)9(3)10(12)11-4-6-13-7-5-11/h8-9H,4-7H2,1-3H3. The van der Waals surface area contributed by atoms with Gasteiger partial charge in [0.05, 0.1) is 13.2 Å². The van der Waals surface area contributed by atoms with Crippen molar-refractivity contribution in [2.24, 2.45) is 11.8 Å². The summed E-state index contributed by atoms with van der Waals surface area (Å²) in [6.45, 7) is 9.08. The molecule has 1 fully saturated rings. The summed E-state index contributed by atoms with van der Waals surface area (Å²) in [4.78, 5) is 13.7. The van der Waals surface area contributed by atoms with Crippen LogP contribution in [0.4, 0.5) is 0 Å². The second-order valence-corrected chi connectivity index (χ2v) is 3.97. The van der Waals surface area contributed by atoms with Crippen LogP contribution in [0.1, 0.15) is 20.8 Å². The summed E-state index contributed by atoms with van der Waals surface area (Å²) in [6.07, 6.45) is 0. The third-order valence-electron chi connectivity index (χ3n) is 2.71. The Bertz CT molecular complexity index is 174. The molecule has 1 heterocycles. The van der Waals surface area contributed by atoms with Gasteiger partial charge in [0.15, 0.2) is 0 Å². The molecule has 0 radical (unpaired) electrons. The number of carbonyl (C=O) groups excluding carboxylic acids is 1. The van der Waals surface area contributed by atoms with E-state index in [1.54, 1.807) is 0 Å². The summed E-state index contributed by atoms with van der Waals surface area (Å²) in [5.74, 6) is 0.840. The average molecular weight is 185 g/mol. The first-order valence-corrected chi connectivity index (χ1v) is 4.99. The van der Waals surface area contributed by atoms with E-state index in [9.17, 15) is 4.79 Å². The number of carbonyl (C=O) groups is 1. The fourth-order valence-electron chi connectivity index (χ4n) is 1.36. The molecule has 1 atom stereocenters. The van der Waals surface area contributed by atoms with Crippen molar-refractivity contribution in [2.45, 2.75) is 20.8 Å². The van der Waals surface area contributed by atoms with E-state index in [1.165, 1.54) is 0 Å². The van der Waals surface area contributed by atoms with Crippen molar-refractivity contribution < 1.29 is 9.53 Å². The van der Waals surface area contributed by atoms with E-state index >= 15 is 0 Å². The molecule has 1 unspecified atom stereocenters. The van der Waals surface area contributed by atoms with Gasteiger partial charge in [0, 0.05) is 19.0 Å². The van der Waals surface area contributed by atoms with Gasteiger partial charge in [-0.3, -0.25) is 4.79 Å². The Morgan fingerprint density at radius 1 is 1.23 bits per heavy atom. The summed E-state index contributed by atoms with van der Waals surface area (Å²) in [5.41, 5.74) is 0. The minimum absolute atomic E-state index is 0.137. The molecule has 0 aromatic heterocycles. The van der Waals surface area contributed by atoms with Crippen LogP contribution in [0, 0.1) is 11.8 Å². The molecule has 3 heteroatoms. The average Bonchev–Trinajstić information content (AvgIpc) is 2.17. The molecule has 1 aliphatic heterocycles. The van der Waals surface area contributed by atoms with Crippen LogP contribution in [0.15, 0.2) is 0 Å². The fourth-order valence-corrected chi connectivity index (χ4v) is 1.36. The van der Waals surface area contributed by atoms with Gasteiger partial charge in [0.1, 0.15) is 0 Å². The SMILES string of the molecule is CC(C)C(C)C(=O)N1CCOCC1. The molecule has 13 heavy (non-hydrogen) atoms. The van der Waals surface area contributed by atoms with E-state index in [2.05, 4.69) is 13.8 Å². The predicted octanol–water partition coefficient (Wildman–Crippen LogP) is 1.14. The molecule has 0 N–H and O–H groups in total. The van der Waals surface area contributed by atoms with Crippen LogP contribution in [-0.2, 0) is 9.53 Å². The molecule has 0 saturated carbocycles. The third kappa shape index (κ3) is 2.69. The van der Waals surface area contributed by atoms with Crippen molar-refractivity contribution in [3.05, 3.63) is 0 Å². The topological polar surface area (TPSA) is 29.5 Å². The summed E-state index contributed by atoms with van der Waals surface area (Å²) in [6, 6.07) is 0. The normalized spacial score (nSPS) is 20.5. The summed E-state index contributed by atoms with van der Waals surface area (Å²) >= 11 is 0. The molecule has 0 bridgehead atoms. The fraction of sp³-hybridized carbons (Fsp3) is 0.900. The Morgan fingerprint density at radius 3 is 2.23 bits per heavy atom. The van der Waals surface area contributed by atoms with E-state index in [1.807, 2.05) is 11.8 Å². The second-order valence-electron chi connectivity index (χ2n) is 3.97. The van der Waals surface area contributed by atoms with Crippen molar-refractivity contribution in [2.75, 3.05) is 26.3 Å². The molecule has 0 aliphatic carbocycles. The van der Waals surface area contributed by atoms with Crippen molar-refractivity contribution in [3.63, 3.8) is 0 Å². The smallest absolute Gasteiger partial charge is 0.225 e. The maximum atomic E-state index is 11.8. The Hall–Kier alpha value is -0.570. The van der Waals surface area contributed by atoms with Crippen molar-refractivity contribution in [1.82, 2.24) is 4.90 Å². The van der Waals surface area contributed by atoms with Crippen LogP contribution in [0.25, 0.3) is 0 Å². The van der Waals surface area contributed by atoms with Gasteiger partial charge < -0.3 is 9.64 Å². The van der Waals surface area contributed by atoms with Gasteiger partial charge in [-0.25, -0.2) is 0 Å². The highest BCUT2D eigenvalue weighted by atomic mass is 16.5. The highest BCUT2D eigenvalue weighted by Gasteiger charge is 2.23. The van der Waals surface area contributed by atoms with Gasteiger partial charge in [0.25, 0.3) is 0 Å². The zero-order valence-corrected chi connectivity index (χ0v) is 8.75. The minimum Gasteiger partial charge on any atom is -0.378 e. The molecule has 0 spiro atoms. The van der Waals surface area contributed by atoms with Crippen molar-refractivity contribution in [3.8, 4) is 0 Å². The highest BCUT2D eigenvalue weighted by Crippen LogP contribution is 2.14. The molecule has 1 saturated heterocycles. The maximum absolute atomic E-state index is 11.8. The molecular formula is C10H19NO2. The van der Waals surface area contributed by atoms with Gasteiger partial charge >= 0.3 is 0 Å². The van der Waals surface area contributed by atoms with Crippen molar-refractivity contribution in [1.29, 1.82) is 0 Å². The molecule has 76 valence electrons.